The van der Waals surface area contributed by atoms with Gasteiger partial charge < -0.3 is 4.74 Å². The summed E-state index contributed by atoms with van der Waals surface area (Å²) in [5.41, 5.74) is 0.151. The normalized spacial score (nSPS) is 10.5. The van der Waals surface area contributed by atoms with Crippen molar-refractivity contribution >= 4 is 17.5 Å². The van der Waals surface area contributed by atoms with E-state index in [1.54, 1.807) is 0 Å². The van der Waals surface area contributed by atoms with E-state index in [9.17, 15) is 18.0 Å². The minimum Gasteiger partial charge on any atom is -0.494 e. The van der Waals surface area contributed by atoms with Crippen molar-refractivity contribution in [1.82, 2.24) is 0 Å². The van der Waals surface area contributed by atoms with Crippen LogP contribution in [0.25, 0.3) is 0 Å². The number of ether oxygens (including phenoxy) is 1. The fourth-order valence-corrected chi connectivity index (χ4v) is 2.51. The number of benzene rings is 2. The molecule has 0 spiro atoms. The second-order valence-electron chi connectivity index (χ2n) is 4.14. The zero-order valence-electron chi connectivity index (χ0n) is 11.0. The SMILES string of the molecule is COc1ccc(C(=O)CSc2cc(F)ccc2F)cc1F. The number of carbonyl (C=O) groups is 1. The number of halogens is 3. The molecule has 0 atom stereocenters. The average Bonchev–Trinajstić information content (AvgIpc) is 2.47. The molecule has 2 aromatic rings. The first kappa shape index (κ1) is 15.4. The molecule has 2 aromatic carbocycles. The Kier molecular flexibility index (Phi) is 4.90. The number of Topliss-reactive ketones (excluding diaryl/α,β-unsaturated/α-hetero) is 1. The molecule has 0 radical (unpaired) electrons. The molecule has 0 saturated carbocycles. The number of carbonyl (C=O) groups excluding carboxylic acids is 1. The lowest BCUT2D eigenvalue weighted by molar-refractivity contribution is 0.102. The van der Waals surface area contributed by atoms with Crippen molar-refractivity contribution in [2.45, 2.75) is 4.90 Å². The van der Waals surface area contributed by atoms with Gasteiger partial charge in [0.1, 0.15) is 11.6 Å². The maximum atomic E-state index is 13.5. The third kappa shape index (κ3) is 3.78. The van der Waals surface area contributed by atoms with Crippen LogP contribution in [0.15, 0.2) is 41.3 Å². The molecule has 0 aromatic heterocycles. The van der Waals surface area contributed by atoms with Crippen LogP contribution in [0.5, 0.6) is 5.75 Å². The van der Waals surface area contributed by atoms with Gasteiger partial charge in [0.15, 0.2) is 17.3 Å². The number of hydrogen-bond donors (Lipinski definition) is 0. The number of rotatable bonds is 5. The average molecular weight is 312 g/mol. The topological polar surface area (TPSA) is 26.3 Å². The van der Waals surface area contributed by atoms with Crippen molar-refractivity contribution in [2.24, 2.45) is 0 Å². The van der Waals surface area contributed by atoms with Gasteiger partial charge >= 0.3 is 0 Å². The van der Waals surface area contributed by atoms with Crippen LogP contribution in [0, 0.1) is 17.5 Å². The van der Waals surface area contributed by atoms with Crippen LogP contribution in [0.2, 0.25) is 0 Å². The summed E-state index contributed by atoms with van der Waals surface area (Å²) in [7, 11) is 1.32. The second kappa shape index (κ2) is 6.67. The first-order valence-corrected chi connectivity index (χ1v) is 6.94. The van der Waals surface area contributed by atoms with E-state index in [-0.39, 0.29) is 27.7 Å². The molecule has 0 aliphatic carbocycles. The van der Waals surface area contributed by atoms with Gasteiger partial charge in [-0.3, -0.25) is 4.79 Å². The van der Waals surface area contributed by atoms with Crippen LogP contribution in [-0.2, 0) is 0 Å². The van der Waals surface area contributed by atoms with Crippen molar-refractivity contribution in [2.75, 3.05) is 12.9 Å². The van der Waals surface area contributed by atoms with E-state index >= 15 is 0 Å². The Morgan fingerprint density at radius 3 is 2.52 bits per heavy atom. The summed E-state index contributed by atoms with van der Waals surface area (Å²) in [5, 5.41) is 0. The molecular weight excluding hydrogens is 301 g/mol. The number of thioether (sulfide) groups is 1. The Bertz CT molecular complexity index is 674. The molecule has 0 N–H and O–H groups in total. The minimum atomic E-state index is -0.648. The second-order valence-corrected chi connectivity index (χ2v) is 5.15. The molecule has 2 rings (SSSR count). The monoisotopic (exact) mass is 312 g/mol. The van der Waals surface area contributed by atoms with Crippen LogP contribution in [0.4, 0.5) is 13.2 Å². The fourth-order valence-electron chi connectivity index (χ4n) is 1.65. The lowest BCUT2D eigenvalue weighted by atomic mass is 10.1. The Labute approximate surface area is 123 Å². The highest BCUT2D eigenvalue weighted by Gasteiger charge is 2.12. The van der Waals surface area contributed by atoms with E-state index in [1.165, 1.54) is 19.2 Å². The minimum absolute atomic E-state index is 0.0374. The number of hydrogen-bond acceptors (Lipinski definition) is 3. The molecule has 21 heavy (non-hydrogen) atoms. The summed E-state index contributed by atoms with van der Waals surface area (Å²) in [4.78, 5) is 12.0. The molecular formula is C15H11F3O2S. The van der Waals surface area contributed by atoms with Gasteiger partial charge in [-0.25, -0.2) is 13.2 Å². The summed E-state index contributed by atoms with van der Waals surface area (Å²) in [6, 6.07) is 6.84. The van der Waals surface area contributed by atoms with Gasteiger partial charge in [-0.2, -0.15) is 0 Å². The lowest BCUT2D eigenvalue weighted by Gasteiger charge is -2.05. The molecule has 0 aliphatic rings. The van der Waals surface area contributed by atoms with Crippen molar-refractivity contribution in [3.63, 3.8) is 0 Å². The summed E-state index contributed by atoms with van der Waals surface area (Å²) in [6.07, 6.45) is 0. The van der Waals surface area contributed by atoms with E-state index in [0.717, 1.165) is 36.0 Å². The highest BCUT2D eigenvalue weighted by molar-refractivity contribution is 8.00. The van der Waals surface area contributed by atoms with E-state index in [2.05, 4.69) is 0 Å². The first-order chi connectivity index (χ1) is 10.0. The Morgan fingerprint density at radius 1 is 1.10 bits per heavy atom. The van der Waals surface area contributed by atoms with Crippen LogP contribution in [-0.4, -0.2) is 18.6 Å². The summed E-state index contributed by atoms with van der Waals surface area (Å²) < 4.78 is 44.7. The fraction of sp³-hybridized carbons (Fsp3) is 0.133. The molecule has 2 nitrogen and oxygen atoms in total. The molecule has 0 bridgehead atoms. The Balaban J connectivity index is 2.08. The third-order valence-electron chi connectivity index (χ3n) is 2.73. The third-order valence-corrected chi connectivity index (χ3v) is 3.76. The smallest absolute Gasteiger partial charge is 0.173 e. The van der Waals surface area contributed by atoms with Crippen LogP contribution in [0.3, 0.4) is 0 Å². The van der Waals surface area contributed by atoms with Crippen LogP contribution < -0.4 is 4.74 Å². The first-order valence-electron chi connectivity index (χ1n) is 5.96. The van der Waals surface area contributed by atoms with Crippen molar-refractivity contribution < 1.29 is 22.7 Å². The van der Waals surface area contributed by atoms with E-state index < -0.39 is 17.5 Å². The Morgan fingerprint density at radius 2 is 1.86 bits per heavy atom. The Hall–Kier alpha value is -1.95. The van der Waals surface area contributed by atoms with Gasteiger partial charge in [-0.15, -0.1) is 11.8 Å². The van der Waals surface area contributed by atoms with Gasteiger partial charge in [0, 0.05) is 10.5 Å². The quantitative estimate of drug-likeness (QED) is 0.614. The molecule has 0 aliphatic heterocycles. The zero-order valence-corrected chi connectivity index (χ0v) is 11.8. The predicted molar refractivity (Wildman–Crippen MR) is 74.4 cm³/mol. The predicted octanol–water partition coefficient (Wildman–Crippen LogP) is 4.09. The summed E-state index contributed by atoms with van der Waals surface area (Å²) in [6.45, 7) is 0. The molecule has 0 amide bonds. The highest BCUT2D eigenvalue weighted by Crippen LogP contribution is 2.24. The molecule has 0 saturated heterocycles. The maximum absolute atomic E-state index is 13.5. The molecule has 110 valence electrons. The van der Waals surface area contributed by atoms with E-state index in [0.29, 0.717) is 0 Å². The standard InChI is InChI=1S/C15H11F3O2S/c1-20-14-5-2-9(6-12(14)18)13(19)8-21-15-7-10(16)3-4-11(15)17/h2-7H,8H2,1H3. The number of methoxy groups -OCH3 is 1. The van der Waals surface area contributed by atoms with Crippen LogP contribution >= 0.6 is 11.8 Å². The largest absolute Gasteiger partial charge is 0.494 e. The summed E-state index contributed by atoms with van der Waals surface area (Å²) in [5.74, 6) is -2.30. The molecule has 0 heterocycles. The molecule has 0 unspecified atom stereocenters. The van der Waals surface area contributed by atoms with Gasteiger partial charge in [0.05, 0.1) is 12.9 Å². The zero-order chi connectivity index (χ0) is 15.4. The lowest BCUT2D eigenvalue weighted by Crippen LogP contribution is -2.04. The number of ketones is 1. The van der Waals surface area contributed by atoms with Crippen LogP contribution in [0.1, 0.15) is 10.4 Å². The molecule has 0 fully saturated rings. The van der Waals surface area contributed by atoms with Gasteiger partial charge in [0.2, 0.25) is 0 Å². The van der Waals surface area contributed by atoms with Gasteiger partial charge in [-0.1, -0.05) is 0 Å². The summed E-state index contributed by atoms with van der Waals surface area (Å²) >= 11 is 0.862. The van der Waals surface area contributed by atoms with Gasteiger partial charge in [-0.05, 0) is 36.4 Å². The maximum Gasteiger partial charge on any atom is 0.173 e. The van der Waals surface area contributed by atoms with Gasteiger partial charge in [0.25, 0.3) is 0 Å². The molecule has 6 heteroatoms. The highest BCUT2D eigenvalue weighted by atomic mass is 32.2. The van der Waals surface area contributed by atoms with E-state index in [4.69, 9.17) is 4.74 Å². The van der Waals surface area contributed by atoms with Crippen molar-refractivity contribution in [3.8, 4) is 5.75 Å². The van der Waals surface area contributed by atoms with E-state index in [1.807, 2.05) is 0 Å². The van der Waals surface area contributed by atoms with Crippen molar-refractivity contribution in [1.29, 1.82) is 0 Å². The van der Waals surface area contributed by atoms with Crippen molar-refractivity contribution in [3.05, 3.63) is 59.4 Å².